The van der Waals surface area contributed by atoms with Gasteiger partial charge in [0, 0.05) is 74.2 Å². The molecule has 3 N–H and O–H groups in total. The molecule has 10 heteroatoms. The van der Waals surface area contributed by atoms with Crippen molar-refractivity contribution in [2.75, 3.05) is 20.2 Å². The Kier molecular flexibility index (Phi) is 9.29. The minimum absolute atomic E-state index is 0.0813. The number of aromatic carboxylic acids is 1. The molecule has 0 radical (unpaired) electrons. The minimum atomic E-state index is -1.18. The molecular weight excluding hydrogens is 548 g/mol. The van der Waals surface area contributed by atoms with E-state index in [-0.39, 0.29) is 22.0 Å². The normalized spacial score (nSPS) is 14.5. The fourth-order valence-corrected chi connectivity index (χ4v) is 5.55. The molecule has 0 bridgehead atoms. The number of carbonyl (C=O) groups excluding carboxylic acids is 1. The van der Waals surface area contributed by atoms with Gasteiger partial charge in [-0.05, 0) is 24.0 Å². The second-order valence-corrected chi connectivity index (χ2v) is 10.7. The SMILES string of the molecule is COC(=O)c1c[nH]c2c(c1=O)CCN(Cc1ccccc1)C2.O=C(O)c1c[nH]c2c(c1=O)CCN(Cc1ccccc1)C2. The van der Waals surface area contributed by atoms with Crippen LogP contribution in [0.5, 0.6) is 0 Å². The zero-order valence-electron chi connectivity index (χ0n) is 24.0. The summed E-state index contributed by atoms with van der Waals surface area (Å²) in [5, 5.41) is 8.98. The molecule has 0 spiro atoms. The Morgan fingerprint density at radius 1 is 0.744 bits per heavy atom. The lowest BCUT2D eigenvalue weighted by Crippen LogP contribution is -2.35. The molecular formula is C33H34N4O6. The molecule has 0 unspecified atom stereocenters. The molecule has 222 valence electrons. The van der Waals surface area contributed by atoms with Gasteiger partial charge < -0.3 is 19.8 Å². The van der Waals surface area contributed by atoms with Crippen LogP contribution in [0.3, 0.4) is 0 Å². The highest BCUT2D eigenvalue weighted by Crippen LogP contribution is 2.18. The first-order chi connectivity index (χ1) is 20.8. The van der Waals surface area contributed by atoms with Crippen molar-refractivity contribution in [2.24, 2.45) is 0 Å². The standard InChI is InChI=1S/C17H18N2O3.C16H16N2O3/c1-22-17(21)14-9-18-15-11-19(8-7-13(15)16(14)20)10-12-5-3-2-4-6-12;19-15-12-6-7-18(9-11-4-2-1-3-5-11)10-14(12)17-8-13(15)16(20)21/h2-6,9H,7-8,10-11H2,1H3,(H,18,20);1-5,8H,6-7,9-10H2,(H,17,19)(H,20,21). The van der Waals surface area contributed by atoms with E-state index in [1.165, 1.54) is 30.6 Å². The molecule has 0 aliphatic carbocycles. The van der Waals surface area contributed by atoms with Crippen LogP contribution in [0.1, 0.15) is 54.4 Å². The van der Waals surface area contributed by atoms with Crippen LogP contribution in [0.2, 0.25) is 0 Å². The fourth-order valence-electron chi connectivity index (χ4n) is 5.55. The highest BCUT2D eigenvalue weighted by Gasteiger charge is 2.24. The Bertz CT molecular complexity index is 1720. The molecule has 0 fully saturated rings. The molecule has 4 aromatic rings. The summed E-state index contributed by atoms with van der Waals surface area (Å²) >= 11 is 0. The van der Waals surface area contributed by atoms with Gasteiger partial charge in [-0.15, -0.1) is 0 Å². The molecule has 2 aliphatic rings. The number of fused-ring (bicyclic) bond motifs is 2. The van der Waals surface area contributed by atoms with E-state index in [1.54, 1.807) is 0 Å². The molecule has 0 saturated carbocycles. The van der Waals surface area contributed by atoms with Gasteiger partial charge in [-0.25, -0.2) is 9.59 Å². The Labute approximate surface area is 248 Å². The van der Waals surface area contributed by atoms with E-state index in [2.05, 4.69) is 48.8 Å². The maximum absolute atomic E-state index is 12.3. The molecule has 6 rings (SSSR count). The number of esters is 1. The van der Waals surface area contributed by atoms with Crippen LogP contribution >= 0.6 is 0 Å². The smallest absolute Gasteiger partial charge is 0.343 e. The maximum atomic E-state index is 12.3. The number of hydrogen-bond acceptors (Lipinski definition) is 7. The number of hydrogen-bond donors (Lipinski definition) is 3. The lowest BCUT2D eigenvalue weighted by atomic mass is 10.0. The van der Waals surface area contributed by atoms with Gasteiger partial charge in [0.05, 0.1) is 7.11 Å². The van der Waals surface area contributed by atoms with Crippen molar-refractivity contribution < 1.29 is 19.4 Å². The fraction of sp³-hybridized carbons (Fsp3) is 0.273. The number of nitrogens with one attached hydrogen (secondary N) is 2. The van der Waals surface area contributed by atoms with Gasteiger partial charge in [-0.3, -0.25) is 19.4 Å². The summed E-state index contributed by atoms with van der Waals surface area (Å²) in [7, 11) is 1.28. The number of methoxy groups -OCH3 is 1. The summed E-state index contributed by atoms with van der Waals surface area (Å²) < 4.78 is 4.64. The van der Waals surface area contributed by atoms with Crippen LogP contribution in [0.15, 0.2) is 82.6 Å². The largest absolute Gasteiger partial charge is 0.477 e. The first-order valence-electron chi connectivity index (χ1n) is 14.1. The highest BCUT2D eigenvalue weighted by molar-refractivity contribution is 5.89. The first kappa shape index (κ1) is 29.7. The molecule has 0 amide bonds. The van der Waals surface area contributed by atoms with E-state index in [0.717, 1.165) is 37.6 Å². The monoisotopic (exact) mass is 582 g/mol. The van der Waals surface area contributed by atoms with E-state index in [1.807, 2.05) is 36.4 Å². The summed E-state index contributed by atoms with van der Waals surface area (Å²) in [6, 6.07) is 20.4. The second-order valence-electron chi connectivity index (χ2n) is 10.7. The number of aromatic nitrogens is 2. The zero-order chi connectivity index (χ0) is 30.3. The van der Waals surface area contributed by atoms with Gasteiger partial charge in [0.15, 0.2) is 10.9 Å². The van der Waals surface area contributed by atoms with Crippen LogP contribution in [0.4, 0.5) is 0 Å². The number of rotatable bonds is 6. The lowest BCUT2D eigenvalue weighted by Gasteiger charge is -2.28. The van der Waals surface area contributed by atoms with E-state index < -0.39 is 11.9 Å². The molecule has 2 aromatic carbocycles. The van der Waals surface area contributed by atoms with Crippen LogP contribution in [-0.2, 0) is 43.8 Å². The average Bonchev–Trinajstić information content (AvgIpc) is 3.02. The number of aromatic amines is 2. The van der Waals surface area contributed by atoms with Crippen LogP contribution in [0, 0.1) is 0 Å². The average molecular weight is 583 g/mol. The summed E-state index contributed by atoms with van der Waals surface area (Å²) in [6.07, 6.45) is 3.98. The van der Waals surface area contributed by atoms with Crippen molar-refractivity contribution >= 4 is 11.9 Å². The quantitative estimate of drug-likeness (QED) is 0.295. The minimum Gasteiger partial charge on any atom is -0.477 e. The number of ether oxygens (including phenoxy) is 1. The number of pyridine rings is 2. The van der Waals surface area contributed by atoms with Gasteiger partial charge in [0.25, 0.3) is 0 Å². The van der Waals surface area contributed by atoms with Gasteiger partial charge >= 0.3 is 11.9 Å². The number of benzene rings is 2. The third kappa shape index (κ3) is 6.99. The highest BCUT2D eigenvalue weighted by atomic mass is 16.5. The number of H-pyrrole nitrogens is 2. The Morgan fingerprint density at radius 3 is 1.63 bits per heavy atom. The summed E-state index contributed by atoms with van der Waals surface area (Å²) in [6.45, 7) is 4.55. The molecule has 10 nitrogen and oxygen atoms in total. The Hall–Kier alpha value is -4.80. The topological polar surface area (TPSA) is 136 Å². The maximum Gasteiger partial charge on any atom is 0.343 e. The van der Waals surface area contributed by atoms with Crippen molar-refractivity contribution in [3.05, 3.63) is 138 Å². The Morgan fingerprint density at radius 2 is 1.19 bits per heavy atom. The van der Waals surface area contributed by atoms with Crippen molar-refractivity contribution in [1.29, 1.82) is 0 Å². The molecule has 0 atom stereocenters. The van der Waals surface area contributed by atoms with E-state index >= 15 is 0 Å². The summed E-state index contributed by atoms with van der Waals surface area (Å²) in [5.74, 6) is -1.76. The zero-order valence-corrected chi connectivity index (χ0v) is 24.0. The number of carbonyl (C=O) groups is 2. The third-order valence-corrected chi connectivity index (χ3v) is 7.80. The number of nitrogens with zero attached hydrogens (tertiary/aromatic N) is 2. The van der Waals surface area contributed by atoms with Gasteiger partial charge in [0.2, 0.25) is 0 Å². The van der Waals surface area contributed by atoms with E-state index in [4.69, 9.17) is 5.11 Å². The van der Waals surface area contributed by atoms with E-state index in [0.29, 0.717) is 37.1 Å². The van der Waals surface area contributed by atoms with E-state index in [9.17, 15) is 19.2 Å². The third-order valence-electron chi connectivity index (χ3n) is 7.80. The molecule has 43 heavy (non-hydrogen) atoms. The van der Waals surface area contributed by atoms with Gasteiger partial charge in [-0.2, -0.15) is 0 Å². The van der Waals surface area contributed by atoms with Crippen molar-refractivity contribution in [3.8, 4) is 0 Å². The number of carboxylic acid groups (broad SMARTS) is 1. The molecule has 4 heterocycles. The number of carboxylic acids is 1. The predicted octanol–water partition coefficient (Wildman–Crippen LogP) is 3.35. The van der Waals surface area contributed by atoms with Gasteiger partial charge in [-0.1, -0.05) is 60.7 Å². The molecule has 0 saturated heterocycles. The lowest BCUT2D eigenvalue weighted by molar-refractivity contribution is 0.0597. The first-order valence-corrected chi connectivity index (χ1v) is 14.1. The predicted molar refractivity (Wildman–Crippen MR) is 161 cm³/mol. The van der Waals surface area contributed by atoms with Crippen molar-refractivity contribution in [1.82, 2.24) is 19.8 Å². The Balaban J connectivity index is 0.000000171. The molecule has 2 aromatic heterocycles. The molecule has 2 aliphatic heterocycles. The van der Waals surface area contributed by atoms with Crippen LogP contribution in [-0.4, -0.2) is 57.0 Å². The summed E-state index contributed by atoms with van der Waals surface area (Å²) in [4.78, 5) is 57.6. The van der Waals surface area contributed by atoms with Crippen molar-refractivity contribution in [2.45, 2.75) is 39.0 Å². The van der Waals surface area contributed by atoms with Crippen molar-refractivity contribution in [3.63, 3.8) is 0 Å². The summed E-state index contributed by atoms with van der Waals surface area (Å²) in [5.41, 5.74) is 4.85. The van der Waals surface area contributed by atoms with Crippen LogP contribution in [0.25, 0.3) is 0 Å². The van der Waals surface area contributed by atoms with Gasteiger partial charge in [0.1, 0.15) is 11.1 Å². The second kappa shape index (κ2) is 13.5. The van der Waals surface area contributed by atoms with Crippen LogP contribution < -0.4 is 10.9 Å².